The van der Waals surface area contributed by atoms with E-state index < -0.39 is 0 Å². The maximum Gasteiger partial charge on any atom is 0.0442 e. The van der Waals surface area contributed by atoms with Crippen molar-refractivity contribution in [1.29, 1.82) is 0 Å². The van der Waals surface area contributed by atoms with E-state index in [0.29, 0.717) is 6.04 Å². The lowest BCUT2D eigenvalue weighted by molar-refractivity contribution is 0.0760. The molecule has 0 amide bonds. The number of nitrogens with zero attached hydrogens (tertiary/aromatic N) is 1. The summed E-state index contributed by atoms with van der Waals surface area (Å²) in [5.74, 6) is 0.901. The summed E-state index contributed by atoms with van der Waals surface area (Å²) in [6, 6.07) is 5.94. The number of nitrogens with one attached hydrogen (secondary N) is 1. The van der Waals surface area contributed by atoms with Crippen molar-refractivity contribution in [3.63, 3.8) is 0 Å². The summed E-state index contributed by atoms with van der Waals surface area (Å²) in [5.41, 5.74) is 0. The first-order valence-electron chi connectivity index (χ1n) is 6.90. The third-order valence-electron chi connectivity index (χ3n) is 4.38. The Bertz CT molecular complexity index is 349. The third kappa shape index (κ3) is 2.16. The van der Waals surface area contributed by atoms with Gasteiger partial charge in [-0.05, 0) is 49.7 Å². The van der Waals surface area contributed by atoms with E-state index in [9.17, 15) is 0 Å². The second kappa shape index (κ2) is 5.09. The van der Waals surface area contributed by atoms with Crippen LogP contribution in [0.4, 0.5) is 0 Å². The zero-order valence-electron chi connectivity index (χ0n) is 10.6. The maximum absolute atomic E-state index is 3.58. The maximum atomic E-state index is 3.58. The minimum atomic E-state index is 0.655. The van der Waals surface area contributed by atoms with Gasteiger partial charge in [0.25, 0.3) is 0 Å². The number of likely N-dealkylation sites (tertiary alicyclic amines) is 1. The molecule has 2 fully saturated rings. The van der Waals surface area contributed by atoms with Crippen molar-refractivity contribution in [3.8, 4) is 0 Å². The van der Waals surface area contributed by atoms with E-state index >= 15 is 0 Å². The fraction of sp³-hybridized carbons (Fsp3) is 0.714. The molecule has 3 heterocycles. The SMILES string of the molecule is CCC(c1cccs1)N1CCCC2CNCC21. The average Bonchev–Trinajstić information content (AvgIpc) is 3.00. The smallest absolute Gasteiger partial charge is 0.0442 e. The monoisotopic (exact) mass is 250 g/mol. The van der Waals surface area contributed by atoms with E-state index in [1.165, 1.54) is 38.9 Å². The van der Waals surface area contributed by atoms with Crippen molar-refractivity contribution in [2.75, 3.05) is 19.6 Å². The van der Waals surface area contributed by atoms with E-state index in [0.717, 1.165) is 12.0 Å². The Hall–Kier alpha value is -0.380. The van der Waals surface area contributed by atoms with Crippen molar-refractivity contribution in [2.24, 2.45) is 5.92 Å². The van der Waals surface area contributed by atoms with Gasteiger partial charge in [0.2, 0.25) is 0 Å². The van der Waals surface area contributed by atoms with Crippen LogP contribution in [0.1, 0.15) is 37.1 Å². The molecule has 2 aliphatic rings. The molecule has 0 spiro atoms. The number of fused-ring (bicyclic) bond motifs is 1. The Morgan fingerprint density at radius 3 is 3.24 bits per heavy atom. The minimum Gasteiger partial charge on any atom is -0.315 e. The van der Waals surface area contributed by atoms with E-state index in [1.807, 2.05) is 11.3 Å². The largest absolute Gasteiger partial charge is 0.315 e. The van der Waals surface area contributed by atoms with Gasteiger partial charge in [0, 0.05) is 23.5 Å². The quantitative estimate of drug-likeness (QED) is 0.887. The van der Waals surface area contributed by atoms with Crippen LogP contribution >= 0.6 is 11.3 Å². The molecule has 3 heteroatoms. The van der Waals surface area contributed by atoms with Crippen LogP contribution in [0, 0.1) is 5.92 Å². The lowest BCUT2D eigenvalue weighted by Crippen LogP contribution is -2.46. The molecule has 17 heavy (non-hydrogen) atoms. The van der Waals surface area contributed by atoms with E-state index in [2.05, 4.69) is 34.7 Å². The summed E-state index contributed by atoms with van der Waals surface area (Å²) >= 11 is 1.92. The molecule has 1 aromatic heterocycles. The van der Waals surface area contributed by atoms with Gasteiger partial charge in [0.05, 0.1) is 0 Å². The molecule has 3 rings (SSSR count). The van der Waals surface area contributed by atoms with Gasteiger partial charge >= 0.3 is 0 Å². The van der Waals surface area contributed by atoms with Crippen LogP contribution in [0.15, 0.2) is 17.5 Å². The van der Waals surface area contributed by atoms with Crippen molar-refractivity contribution in [3.05, 3.63) is 22.4 Å². The predicted molar refractivity (Wildman–Crippen MR) is 73.4 cm³/mol. The minimum absolute atomic E-state index is 0.655. The summed E-state index contributed by atoms with van der Waals surface area (Å²) in [5, 5.41) is 5.79. The molecule has 0 aromatic carbocycles. The molecule has 2 nitrogen and oxygen atoms in total. The molecule has 0 saturated carbocycles. The van der Waals surface area contributed by atoms with Gasteiger partial charge in [-0.2, -0.15) is 0 Å². The van der Waals surface area contributed by atoms with Gasteiger partial charge in [-0.25, -0.2) is 0 Å². The lowest BCUT2D eigenvalue weighted by atomic mass is 9.90. The zero-order valence-corrected chi connectivity index (χ0v) is 11.4. The van der Waals surface area contributed by atoms with Crippen LogP contribution < -0.4 is 5.32 Å². The summed E-state index contributed by atoms with van der Waals surface area (Å²) < 4.78 is 0. The summed E-state index contributed by atoms with van der Waals surface area (Å²) in [6.45, 7) is 6.06. The standard InChI is InChI=1S/C14H22N2S/c1-2-12(14-6-4-8-17-14)16-7-3-5-11-9-15-10-13(11)16/h4,6,8,11-13,15H,2-3,5,7,9-10H2,1H3. The van der Waals surface area contributed by atoms with E-state index in [1.54, 1.807) is 4.88 Å². The molecule has 1 N–H and O–H groups in total. The lowest BCUT2D eigenvalue weighted by Gasteiger charge is -2.41. The summed E-state index contributed by atoms with van der Waals surface area (Å²) in [6.07, 6.45) is 4.05. The van der Waals surface area contributed by atoms with Crippen LogP contribution in [0.25, 0.3) is 0 Å². The highest BCUT2D eigenvalue weighted by Crippen LogP contribution is 2.36. The van der Waals surface area contributed by atoms with Gasteiger partial charge < -0.3 is 5.32 Å². The third-order valence-corrected chi connectivity index (χ3v) is 5.35. The first-order valence-corrected chi connectivity index (χ1v) is 7.78. The van der Waals surface area contributed by atoms with Crippen LogP contribution in [-0.4, -0.2) is 30.6 Å². The molecule has 0 radical (unpaired) electrons. The van der Waals surface area contributed by atoms with Crippen LogP contribution in [-0.2, 0) is 0 Å². The van der Waals surface area contributed by atoms with Gasteiger partial charge in [0.15, 0.2) is 0 Å². The highest BCUT2D eigenvalue weighted by Gasteiger charge is 2.38. The zero-order chi connectivity index (χ0) is 11.7. The number of thiophene rings is 1. The van der Waals surface area contributed by atoms with Crippen molar-refractivity contribution >= 4 is 11.3 Å². The van der Waals surface area contributed by atoms with Gasteiger partial charge in [0.1, 0.15) is 0 Å². The number of rotatable bonds is 3. The first kappa shape index (κ1) is 11.7. The van der Waals surface area contributed by atoms with Crippen LogP contribution in [0.2, 0.25) is 0 Å². The predicted octanol–water partition coefficient (Wildman–Crippen LogP) is 2.88. The van der Waals surface area contributed by atoms with Crippen molar-refractivity contribution < 1.29 is 0 Å². The Kier molecular flexibility index (Phi) is 3.50. The molecule has 3 atom stereocenters. The average molecular weight is 250 g/mol. The molecule has 2 aliphatic heterocycles. The number of piperidine rings is 1. The molecular weight excluding hydrogens is 228 g/mol. The first-order chi connectivity index (χ1) is 8.40. The molecule has 0 bridgehead atoms. The Morgan fingerprint density at radius 1 is 1.53 bits per heavy atom. The van der Waals surface area contributed by atoms with Crippen molar-refractivity contribution in [1.82, 2.24) is 10.2 Å². The highest BCUT2D eigenvalue weighted by molar-refractivity contribution is 7.10. The van der Waals surface area contributed by atoms with Gasteiger partial charge in [-0.3, -0.25) is 4.90 Å². The van der Waals surface area contributed by atoms with Crippen LogP contribution in [0.5, 0.6) is 0 Å². The van der Waals surface area contributed by atoms with Crippen LogP contribution in [0.3, 0.4) is 0 Å². The van der Waals surface area contributed by atoms with E-state index in [-0.39, 0.29) is 0 Å². The summed E-state index contributed by atoms with van der Waals surface area (Å²) in [7, 11) is 0. The fourth-order valence-corrected chi connectivity index (χ4v) is 4.50. The van der Waals surface area contributed by atoms with Crippen molar-refractivity contribution in [2.45, 2.75) is 38.3 Å². The highest BCUT2D eigenvalue weighted by atomic mass is 32.1. The summed E-state index contributed by atoms with van der Waals surface area (Å²) in [4.78, 5) is 4.33. The molecule has 94 valence electrons. The number of hydrogen-bond donors (Lipinski definition) is 1. The molecule has 0 aliphatic carbocycles. The van der Waals surface area contributed by atoms with Gasteiger partial charge in [-0.15, -0.1) is 11.3 Å². The topological polar surface area (TPSA) is 15.3 Å². The molecule has 2 saturated heterocycles. The molecule has 3 unspecified atom stereocenters. The molecule has 1 aromatic rings. The normalized spacial score (nSPS) is 31.4. The Balaban J connectivity index is 1.81. The fourth-order valence-electron chi connectivity index (χ4n) is 3.57. The molecular formula is C14H22N2S. The Morgan fingerprint density at radius 2 is 2.47 bits per heavy atom. The van der Waals surface area contributed by atoms with E-state index in [4.69, 9.17) is 0 Å². The second-order valence-corrected chi connectivity index (χ2v) is 6.28. The Labute approximate surface area is 108 Å². The number of hydrogen-bond acceptors (Lipinski definition) is 3. The second-order valence-electron chi connectivity index (χ2n) is 5.31. The van der Waals surface area contributed by atoms with Gasteiger partial charge in [-0.1, -0.05) is 13.0 Å².